The molecule has 0 radical (unpaired) electrons. The van der Waals surface area contributed by atoms with E-state index >= 15 is 0 Å². The van der Waals surface area contributed by atoms with Gasteiger partial charge in [-0.1, -0.05) is 30.3 Å². The van der Waals surface area contributed by atoms with Gasteiger partial charge < -0.3 is 9.47 Å². The molecule has 2 amide bonds. The lowest BCUT2D eigenvalue weighted by atomic mass is 9.99. The number of ether oxygens (including phenoxy) is 2. The fourth-order valence-corrected chi connectivity index (χ4v) is 4.04. The number of nitrogens with zero attached hydrogens (tertiary/aromatic N) is 1. The van der Waals surface area contributed by atoms with Gasteiger partial charge >= 0.3 is 0 Å². The summed E-state index contributed by atoms with van der Waals surface area (Å²) in [5, 5.41) is 1.99. The van der Waals surface area contributed by atoms with E-state index in [2.05, 4.69) is 5.48 Å². The molecule has 0 unspecified atom stereocenters. The topological polar surface area (TPSA) is 77.1 Å². The molecule has 1 N–H and O–H groups in total. The van der Waals surface area contributed by atoms with Crippen LogP contribution in [0.3, 0.4) is 0 Å². The first kappa shape index (κ1) is 19.1. The van der Waals surface area contributed by atoms with E-state index in [9.17, 15) is 9.59 Å². The van der Waals surface area contributed by atoms with E-state index in [4.69, 9.17) is 14.3 Å². The summed E-state index contributed by atoms with van der Waals surface area (Å²) in [7, 11) is 3.12. The van der Waals surface area contributed by atoms with Crippen molar-refractivity contribution in [2.75, 3.05) is 19.1 Å². The summed E-state index contributed by atoms with van der Waals surface area (Å²) >= 11 is 0. The number of hydrogen-bond donors (Lipinski definition) is 1. The highest BCUT2D eigenvalue weighted by Gasteiger charge is 2.55. The molecule has 156 valence electrons. The molecular formula is C24H20N2O5. The van der Waals surface area contributed by atoms with Crippen molar-refractivity contribution < 1.29 is 23.9 Å². The Bertz CT molecular complexity index is 1250. The summed E-state index contributed by atoms with van der Waals surface area (Å²) in [4.78, 5) is 33.1. The summed E-state index contributed by atoms with van der Waals surface area (Å²) in [6.45, 7) is 0. The number of benzene rings is 3. The van der Waals surface area contributed by atoms with Crippen molar-refractivity contribution in [2.45, 2.75) is 12.0 Å². The van der Waals surface area contributed by atoms with Crippen molar-refractivity contribution in [1.82, 2.24) is 5.48 Å². The molecule has 7 heteroatoms. The van der Waals surface area contributed by atoms with Crippen LogP contribution in [0, 0.1) is 0 Å². The third kappa shape index (κ3) is 3.02. The third-order valence-electron chi connectivity index (χ3n) is 5.64. The van der Waals surface area contributed by atoms with Gasteiger partial charge in [0, 0.05) is 11.6 Å². The van der Waals surface area contributed by atoms with Crippen molar-refractivity contribution in [3.63, 3.8) is 0 Å². The number of carbonyl (C=O) groups excluding carboxylic acids is 2. The van der Waals surface area contributed by atoms with Gasteiger partial charge in [0.05, 0.1) is 32.0 Å². The second-order valence-electron chi connectivity index (χ2n) is 7.46. The lowest BCUT2D eigenvalue weighted by molar-refractivity contribution is -0.136. The average molecular weight is 416 g/mol. The van der Waals surface area contributed by atoms with Gasteiger partial charge in [0.1, 0.15) is 11.5 Å². The van der Waals surface area contributed by atoms with E-state index in [-0.39, 0.29) is 12.3 Å². The molecule has 2 heterocycles. The van der Waals surface area contributed by atoms with Crippen LogP contribution in [0.5, 0.6) is 11.5 Å². The minimum Gasteiger partial charge on any atom is -0.497 e. The first-order chi connectivity index (χ1) is 15.0. The fraction of sp³-hybridized carbons (Fsp3) is 0.167. The van der Waals surface area contributed by atoms with E-state index in [1.165, 1.54) is 4.90 Å². The molecule has 3 aromatic carbocycles. The summed E-state index contributed by atoms with van der Waals surface area (Å²) < 4.78 is 10.7. The molecule has 0 bridgehead atoms. The van der Waals surface area contributed by atoms with E-state index in [0.717, 1.165) is 10.8 Å². The molecule has 1 saturated heterocycles. The largest absolute Gasteiger partial charge is 0.497 e. The Hall–Kier alpha value is -3.84. The normalized spacial score (nSPS) is 20.3. The Balaban J connectivity index is 1.51. The lowest BCUT2D eigenvalue weighted by Crippen LogP contribution is -2.40. The first-order valence-corrected chi connectivity index (χ1v) is 9.80. The van der Waals surface area contributed by atoms with E-state index in [0.29, 0.717) is 28.4 Å². The zero-order valence-corrected chi connectivity index (χ0v) is 17.0. The first-order valence-electron chi connectivity index (χ1n) is 9.80. The van der Waals surface area contributed by atoms with Gasteiger partial charge in [0.2, 0.25) is 11.5 Å². The molecule has 0 aromatic heterocycles. The number of methoxy groups -OCH3 is 2. The van der Waals surface area contributed by atoms with Gasteiger partial charge in [-0.2, -0.15) is 0 Å². The monoisotopic (exact) mass is 416 g/mol. The fourth-order valence-electron chi connectivity index (χ4n) is 4.04. The number of hydroxylamine groups is 1. The minimum atomic E-state index is -1.40. The van der Waals surface area contributed by atoms with Crippen molar-refractivity contribution in [1.29, 1.82) is 0 Å². The molecule has 1 spiro atoms. The number of fused-ring (bicyclic) bond motifs is 1. The summed E-state index contributed by atoms with van der Waals surface area (Å²) in [6, 6.07) is 18.6. The molecule has 2 aliphatic heterocycles. The van der Waals surface area contributed by atoms with Gasteiger partial charge in [-0.15, -0.1) is 0 Å². The van der Waals surface area contributed by atoms with Crippen LogP contribution in [0.15, 0.2) is 66.7 Å². The Labute approximate surface area is 178 Å². The third-order valence-corrected chi connectivity index (χ3v) is 5.64. The Morgan fingerprint density at radius 2 is 1.77 bits per heavy atom. The number of rotatable bonds is 4. The van der Waals surface area contributed by atoms with Crippen LogP contribution >= 0.6 is 0 Å². The highest BCUT2D eigenvalue weighted by Crippen LogP contribution is 2.40. The molecule has 1 atom stereocenters. The van der Waals surface area contributed by atoms with Gasteiger partial charge in [-0.05, 0) is 41.1 Å². The number of nitrogens with one attached hydrogen (secondary N) is 1. The zero-order valence-electron chi connectivity index (χ0n) is 17.0. The maximum Gasteiger partial charge on any atom is 0.273 e. The van der Waals surface area contributed by atoms with Crippen LogP contribution in [-0.4, -0.2) is 31.6 Å². The molecular weight excluding hydrogens is 396 g/mol. The number of amides is 2. The Kier molecular flexibility index (Phi) is 4.41. The maximum absolute atomic E-state index is 13.4. The van der Waals surface area contributed by atoms with Gasteiger partial charge in [0.25, 0.3) is 5.91 Å². The molecule has 1 fully saturated rings. The molecule has 2 aliphatic rings. The standard InChI is InChI=1S/C24H20N2O5/c1-29-18-9-10-19(21(12-18)30-2)20-13-24(31-25-20)14-22(27)26(23(24)28)17-8-7-15-5-3-4-6-16(15)11-17/h3-13,25H,14H2,1-2H3/t24-/m1/s1. The molecule has 0 saturated carbocycles. The van der Waals surface area contributed by atoms with Gasteiger partial charge in [0.15, 0.2) is 0 Å². The van der Waals surface area contributed by atoms with Gasteiger partial charge in [-0.3, -0.25) is 19.9 Å². The molecule has 31 heavy (non-hydrogen) atoms. The highest BCUT2D eigenvalue weighted by atomic mass is 16.7. The predicted molar refractivity (Wildman–Crippen MR) is 116 cm³/mol. The van der Waals surface area contributed by atoms with Crippen LogP contribution in [0.25, 0.3) is 16.5 Å². The van der Waals surface area contributed by atoms with E-state index in [1.807, 2.05) is 36.4 Å². The Morgan fingerprint density at radius 1 is 0.968 bits per heavy atom. The summed E-state index contributed by atoms with van der Waals surface area (Å²) in [6.07, 6.45) is 1.56. The minimum absolute atomic E-state index is 0.0897. The van der Waals surface area contributed by atoms with Gasteiger partial charge in [-0.25, -0.2) is 4.90 Å². The second kappa shape index (κ2) is 7.14. The number of imide groups is 1. The quantitative estimate of drug-likeness (QED) is 0.657. The second-order valence-corrected chi connectivity index (χ2v) is 7.46. The number of hydrogen-bond acceptors (Lipinski definition) is 6. The zero-order chi connectivity index (χ0) is 21.6. The highest BCUT2D eigenvalue weighted by molar-refractivity contribution is 6.25. The SMILES string of the molecule is COc1ccc(C2=C[C@]3(CC(=O)N(c4ccc5ccccc5c4)C3=O)ON2)c(OC)c1. The van der Waals surface area contributed by atoms with Crippen LogP contribution in [-0.2, 0) is 14.4 Å². The van der Waals surface area contributed by atoms with Crippen LogP contribution in [0.4, 0.5) is 5.69 Å². The smallest absolute Gasteiger partial charge is 0.273 e. The van der Waals surface area contributed by atoms with Crippen molar-refractivity contribution >= 4 is 34.0 Å². The van der Waals surface area contributed by atoms with Crippen LogP contribution < -0.4 is 19.9 Å². The average Bonchev–Trinajstić information content (AvgIpc) is 3.33. The van der Waals surface area contributed by atoms with E-state index < -0.39 is 11.5 Å². The maximum atomic E-state index is 13.4. The molecule has 7 nitrogen and oxygen atoms in total. The molecule has 3 aromatic rings. The summed E-state index contributed by atoms with van der Waals surface area (Å²) in [5.74, 6) is 0.454. The number of anilines is 1. The molecule has 5 rings (SSSR count). The number of carbonyl (C=O) groups is 2. The van der Waals surface area contributed by atoms with E-state index in [1.54, 1.807) is 44.6 Å². The van der Waals surface area contributed by atoms with Crippen molar-refractivity contribution in [2.24, 2.45) is 0 Å². The van der Waals surface area contributed by atoms with Crippen LogP contribution in [0.2, 0.25) is 0 Å². The van der Waals surface area contributed by atoms with Crippen LogP contribution in [0.1, 0.15) is 12.0 Å². The summed E-state index contributed by atoms with van der Waals surface area (Å²) in [5.41, 5.74) is 3.19. The lowest BCUT2D eigenvalue weighted by Gasteiger charge is -2.19. The molecule has 0 aliphatic carbocycles. The van der Waals surface area contributed by atoms with Crippen molar-refractivity contribution in [3.8, 4) is 11.5 Å². The van der Waals surface area contributed by atoms with Crippen molar-refractivity contribution in [3.05, 3.63) is 72.3 Å². The predicted octanol–water partition coefficient (Wildman–Crippen LogP) is 3.44. The Morgan fingerprint density at radius 3 is 2.55 bits per heavy atom.